The van der Waals surface area contributed by atoms with E-state index in [0.29, 0.717) is 24.5 Å². The normalized spacial score (nSPS) is 16.9. The van der Waals surface area contributed by atoms with Gasteiger partial charge in [0, 0.05) is 31.2 Å². The van der Waals surface area contributed by atoms with Crippen LogP contribution in [0.25, 0.3) is 10.9 Å². The first kappa shape index (κ1) is 17.2. The third kappa shape index (κ3) is 3.65. The standard InChI is InChI=1S/C19H20N6O2/c1-24-8-7-17(23-24)25-9-6-16(19(25)27)21-12-18(26)22-14-10-13-4-2-3-5-15(13)20-11-14/h2-5,7-8,10-11,16,21H,6,9,12H2,1H3,(H,22,26). The summed E-state index contributed by atoms with van der Waals surface area (Å²) in [5.74, 6) is 0.364. The molecule has 27 heavy (non-hydrogen) atoms. The number of benzene rings is 1. The van der Waals surface area contributed by atoms with Crippen molar-refractivity contribution in [2.45, 2.75) is 12.5 Å². The Balaban J connectivity index is 1.33. The van der Waals surface area contributed by atoms with Gasteiger partial charge in [-0.15, -0.1) is 0 Å². The van der Waals surface area contributed by atoms with Crippen LogP contribution >= 0.6 is 0 Å². The molecule has 2 aromatic heterocycles. The van der Waals surface area contributed by atoms with Gasteiger partial charge in [-0.1, -0.05) is 18.2 Å². The summed E-state index contributed by atoms with van der Waals surface area (Å²) >= 11 is 0. The maximum atomic E-state index is 12.5. The zero-order valence-electron chi connectivity index (χ0n) is 14.9. The van der Waals surface area contributed by atoms with Crippen LogP contribution in [0, 0.1) is 0 Å². The summed E-state index contributed by atoms with van der Waals surface area (Å²) in [6, 6.07) is 11.0. The number of nitrogens with zero attached hydrogens (tertiary/aromatic N) is 4. The Kier molecular flexibility index (Phi) is 4.55. The molecule has 1 aromatic carbocycles. The lowest BCUT2D eigenvalue weighted by molar-refractivity contribution is -0.119. The number of hydrogen-bond donors (Lipinski definition) is 2. The number of aromatic nitrogens is 3. The van der Waals surface area contributed by atoms with E-state index in [0.717, 1.165) is 10.9 Å². The van der Waals surface area contributed by atoms with Crippen molar-refractivity contribution in [2.24, 2.45) is 7.05 Å². The second-order valence-corrected chi connectivity index (χ2v) is 6.52. The van der Waals surface area contributed by atoms with Crippen molar-refractivity contribution >= 4 is 34.2 Å². The molecule has 1 aliphatic rings. The van der Waals surface area contributed by atoms with Crippen molar-refractivity contribution < 1.29 is 9.59 Å². The maximum absolute atomic E-state index is 12.5. The molecule has 2 N–H and O–H groups in total. The Morgan fingerprint density at radius 2 is 2.15 bits per heavy atom. The van der Waals surface area contributed by atoms with Crippen LogP contribution < -0.4 is 15.5 Å². The molecule has 8 nitrogen and oxygen atoms in total. The first-order valence-corrected chi connectivity index (χ1v) is 8.79. The number of rotatable bonds is 5. The van der Waals surface area contributed by atoms with E-state index in [9.17, 15) is 9.59 Å². The Labute approximate surface area is 156 Å². The van der Waals surface area contributed by atoms with Crippen molar-refractivity contribution in [1.82, 2.24) is 20.1 Å². The molecule has 0 spiro atoms. The lowest BCUT2D eigenvalue weighted by Crippen LogP contribution is -2.42. The predicted molar refractivity (Wildman–Crippen MR) is 102 cm³/mol. The SMILES string of the molecule is Cn1ccc(N2CCC(NCC(=O)Nc3cnc4ccccc4c3)C2=O)n1. The molecule has 8 heteroatoms. The molecule has 2 amide bonds. The number of para-hydroxylation sites is 1. The molecule has 1 fully saturated rings. The number of carbonyl (C=O) groups is 2. The molecule has 1 atom stereocenters. The molecule has 3 heterocycles. The molecule has 0 radical (unpaired) electrons. The zero-order valence-corrected chi connectivity index (χ0v) is 14.9. The van der Waals surface area contributed by atoms with Crippen molar-refractivity contribution in [2.75, 3.05) is 23.3 Å². The summed E-state index contributed by atoms with van der Waals surface area (Å²) in [7, 11) is 1.81. The molecule has 0 bridgehead atoms. The zero-order chi connectivity index (χ0) is 18.8. The van der Waals surface area contributed by atoms with Crippen molar-refractivity contribution in [1.29, 1.82) is 0 Å². The van der Waals surface area contributed by atoms with Crippen LogP contribution in [0.1, 0.15) is 6.42 Å². The van der Waals surface area contributed by atoms with Crippen molar-refractivity contribution in [3.63, 3.8) is 0 Å². The Hall–Kier alpha value is -3.26. The van der Waals surface area contributed by atoms with Gasteiger partial charge in [-0.3, -0.25) is 29.5 Å². The molecule has 1 unspecified atom stereocenters. The largest absolute Gasteiger partial charge is 0.324 e. The maximum Gasteiger partial charge on any atom is 0.245 e. The first-order valence-electron chi connectivity index (χ1n) is 8.79. The molecule has 4 rings (SSSR count). The summed E-state index contributed by atoms with van der Waals surface area (Å²) in [5.41, 5.74) is 1.51. The van der Waals surface area contributed by atoms with Gasteiger partial charge in [0.2, 0.25) is 11.8 Å². The molecule has 1 aliphatic heterocycles. The van der Waals surface area contributed by atoms with E-state index in [4.69, 9.17) is 0 Å². The van der Waals surface area contributed by atoms with Crippen LogP contribution in [-0.4, -0.2) is 45.7 Å². The number of fused-ring (bicyclic) bond motifs is 1. The Bertz CT molecular complexity index is 999. The molecule has 138 valence electrons. The number of pyridine rings is 1. The van der Waals surface area contributed by atoms with E-state index >= 15 is 0 Å². The lowest BCUT2D eigenvalue weighted by Gasteiger charge is -2.14. The van der Waals surface area contributed by atoms with E-state index in [1.807, 2.05) is 37.4 Å². The van der Waals surface area contributed by atoms with Gasteiger partial charge in [-0.2, -0.15) is 5.10 Å². The molecule has 3 aromatic rings. The van der Waals surface area contributed by atoms with Crippen LogP contribution in [0.4, 0.5) is 11.5 Å². The van der Waals surface area contributed by atoms with Gasteiger partial charge >= 0.3 is 0 Å². The van der Waals surface area contributed by atoms with Gasteiger partial charge in [-0.25, -0.2) is 0 Å². The summed E-state index contributed by atoms with van der Waals surface area (Å²) in [6.07, 6.45) is 4.07. The van der Waals surface area contributed by atoms with E-state index in [-0.39, 0.29) is 24.4 Å². The number of carbonyl (C=O) groups excluding carboxylic acids is 2. The van der Waals surface area contributed by atoms with Gasteiger partial charge < -0.3 is 5.32 Å². The molecular weight excluding hydrogens is 344 g/mol. The molecule has 0 aliphatic carbocycles. The fourth-order valence-electron chi connectivity index (χ4n) is 3.20. The highest BCUT2D eigenvalue weighted by Crippen LogP contribution is 2.19. The van der Waals surface area contributed by atoms with Gasteiger partial charge in [0.05, 0.1) is 30.0 Å². The highest BCUT2D eigenvalue weighted by Gasteiger charge is 2.33. The average Bonchev–Trinajstić information content (AvgIpc) is 3.25. The minimum atomic E-state index is -0.382. The van der Waals surface area contributed by atoms with E-state index in [1.165, 1.54) is 0 Å². The summed E-state index contributed by atoms with van der Waals surface area (Å²) < 4.78 is 1.66. The Morgan fingerprint density at radius 1 is 1.30 bits per heavy atom. The highest BCUT2D eigenvalue weighted by molar-refractivity contribution is 5.99. The molecular formula is C19H20N6O2. The van der Waals surface area contributed by atoms with Gasteiger partial charge in [0.15, 0.2) is 5.82 Å². The minimum Gasteiger partial charge on any atom is -0.324 e. The van der Waals surface area contributed by atoms with Crippen molar-refractivity contribution in [3.8, 4) is 0 Å². The number of nitrogens with one attached hydrogen (secondary N) is 2. The average molecular weight is 364 g/mol. The fraction of sp³-hybridized carbons (Fsp3) is 0.263. The Morgan fingerprint density at radius 3 is 2.96 bits per heavy atom. The fourth-order valence-corrected chi connectivity index (χ4v) is 3.20. The number of amides is 2. The minimum absolute atomic E-state index is 0.0549. The summed E-state index contributed by atoms with van der Waals surface area (Å²) in [6.45, 7) is 0.642. The van der Waals surface area contributed by atoms with Crippen LogP contribution in [0.5, 0.6) is 0 Å². The third-order valence-electron chi connectivity index (χ3n) is 4.56. The van der Waals surface area contributed by atoms with Crippen molar-refractivity contribution in [3.05, 3.63) is 48.8 Å². The van der Waals surface area contributed by atoms with Gasteiger partial charge in [-0.05, 0) is 18.6 Å². The van der Waals surface area contributed by atoms with E-state index in [1.54, 1.807) is 28.0 Å². The predicted octanol–water partition coefficient (Wildman–Crippen LogP) is 1.30. The van der Waals surface area contributed by atoms with Crippen LogP contribution in [0.3, 0.4) is 0 Å². The summed E-state index contributed by atoms with van der Waals surface area (Å²) in [4.78, 5) is 30.7. The molecule has 1 saturated heterocycles. The molecule has 0 saturated carbocycles. The van der Waals surface area contributed by atoms with E-state index < -0.39 is 0 Å². The topological polar surface area (TPSA) is 92.1 Å². The van der Waals surface area contributed by atoms with E-state index in [2.05, 4.69) is 20.7 Å². The monoisotopic (exact) mass is 364 g/mol. The summed E-state index contributed by atoms with van der Waals surface area (Å²) in [5, 5.41) is 11.1. The second-order valence-electron chi connectivity index (χ2n) is 6.52. The quantitative estimate of drug-likeness (QED) is 0.712. The smallest absolute Gasteiger partial charge is 0.245 e. The number of hydrogen-bond acceptors (Lipinski definition) is 5. The number of aryl methyl sites for hydroxylation is 1. The van der Waals surface area contributed by atoms with Gasteiger partial charge in [0.25, 0.3) is 0 Å². The lowest BCUT2D eigenvalue weighted by atomic mass is 10.2. The number of anilines is 2. The van der Waals surface area contributed by atoms with Gasteiger partial charge in [0.1, 0.15) is 0 Å². The third-order valence-corrected chi connectivity index (χ3v) is 4.56. The first-order chi connectivity index (χ1) is 13.1. The highest BCUT2D eigenvalue weighted by atomic mass is 16.2. The van der Waals surface area contributed by atoms with Crippen LogP contribution in [0.2, 0.25) is 0 Å². The second kappa shape index (κ2) is 7.16. The van der Waals surface area contributed by atoms with Crippen LogP contribution in [-0.2, 0) is 16.6 Å². The van der Waals surface area contributed by atoms with Crippen LogP contribution in [0.15, 0.2) is 48.8 Å².